The van der Waals surface area contributed by atoms with Crippen LogP contribution >= 0.6 is 0 Å². The number of anilines is 1. The molecular formula is C27H25F3N6. The average molecular weight is 491 g/mol. The van der Waals surface area contributed by atoms with E-state index in [0.717, 1.165) is 23.3 Å². The fraction of sp³-hybridized carbons (Fsp3) is 0.148. The summed E-state index contributed by atoms with van der Waals surface area (Å²) in [7, 11) is 0. The highest BCUT2D eigenvalue weighted by molar-refractivity contribution is 5.76. The number of halogens is 3. The molecule has 1 atom stereocenters. The van der Waals surface area contributed by atoms with E-state index >= 15 is 0 Å². The molecule has 0 amide bonds. The van der Waals surface area contributed by atoms with Crippen LogP contribution in [0.3, 0.4) is 0 Å². The van der Waals surface area contributed by atoms with E-state index in [1.165, 1.54) is 12.3 Å². The van der Waals surface area contributed by atoms with E-state index in [4.69, 9.17) is 5.73 Å². The molecule has 0 radical (unpaired) electrons. The van der Waals surface area contributed by atoms with Gasteiger partial charge in [0.25, 0.3) is 0 Å². The standard InChI is InChI=1S/C27H25F3N6/c1-18(20-6-3-2-4-7-20)35-26-34-15-12-23(36-26)25-24(32-13-10-19(17-31)11-14-33-25)21-8-5-9-22(16-21)27(28,29)30/h2-16,18,33H,17,31H2,1H3,(H,34,35,36). The minimum atomic E-state index is -4.49. The molecule has 4 N–H and O–H groups in total. The Morgan fingerprint density at radius 1 is 0.944 bits per heavy atom. The van der Waals surface area contributed by atoms with Crippen molar-refractivity contribution in [3.63, 3.8) is 0 Å². The number of nitrogens with two attached hydrogens (primary N) is 1. The first-order chi connectivity index (χ1) is 17.3. The quantitative estimate of drug-likeness (QED) is 0.295. The minimum absolute atomic E-state index is 0.0684. The summed E-state index contributed by atoms with van der Waals surface area (Å²) in [6.07, 6.45) is 0.286. The highest BCUT2D eigenvalue weighted by Gasteiger charge is 2.30. The van der Waals surface area contributed by atoms with Gasteiger partial charge >= 0.3 is 6.18 Å². The summed E-state index contributed by atoms with van der Waals surface area (Å²) in [5.41, 5.74) is 8.31. The number of hydrogen-bond acceptors (Lipinski definition) is 5. The Kier molecular flexibility index (Phi) is 7.60. The number of nitrogens with one attached hydrogen (secondary N) is 2. The molecular weight excluding hydrogens is 465 g/mol. The summed E-state index contributed by atoms with van der Waals surface area (Å²) < 4.78 is 40.3. The Balaban J connectivity index is 1.83. The van der Waals surface area contributed by atoms with Crippen LogP contribution in [0.25, 0.3) is 22.6 Å². The van der Waals surface area contributed by atoms with Gasteiger partial charge in [0.05, 0.1) is 28.7 Å². The van der Waals surface area contributed by atoms with Crippen molar-refractivity contribution in [2.24, 2.45) is 5.73 Å². The smallest absolute Gasteiger partial charge is 0.358 e. The SMILES string of the molecule is CC(Nc1nccc(-c2[nH]ccc(CN)ccnc2-c2cccc(C(F)(F)F)c2)n1)c1ccccc1. The van der Waals surface area contributed by atoms with E-state index in [2.05, 4.69) is 25.3 Å². The number of hydrogen-bond donors (Lipinski definition) is 3. The minimum Gasteiger partial charge on any atom is -0.358 e. The Labute approximate surface area is 206 Å². The molecule has 0 saturated heterocycles. The summed E-state index contributed by atoms with van der Waals surface area (Å²) in [4.78, 5) is 16.6. The highest BCUT2D eigenvalue weighted by atomic mass is 19.4. The summed E-state index contributed by atoms with van der Waals surface area (Å²) in [6.45, 7) is 2.27. The van der Waals surface area contributed by atoms with E-state index in [9.17, 15) is 13.2 Å². The van der Waals surface area contributed by atoms with Crippen molar-refractivity contribution < 1.29 is 13.2 Å². The molecule has 0 fully saturated rings. The zero-order chi connectivity index (χ0) is 25.5. The average Bonchev–Trinajstić information content (AvgIpc) is 2.99. The van der Waals surface area contributed by atoms with E-state index in [-0.39, 0.29) is 18.2 Å². The Morgan fingerprint density at radius 3 is 2.47 bits per heavy atom. The van der Waals surface area contributed by atoms with Crippen LogP contribution in [0.15, 0.2) is 91.4 Å². The third kappa shape index (κ3) is 6.05. The zero-order valence-electron chi connectivity index (χ0n) is 19.5. The summed E-state index contributed by atoms with van der Waals surface area (Å²) in [6, 6.07) is 20.0. The molecule has 0 aliphatic rings. The van der Waals surface area contributed by atoms with Gasteiger partial charge in [-0.05, 0) is 48.4 Å². The maximum Gasteiger partial charge on any atom is 0.416 e. The number of benzene rings is 2. The van der Waals surface area contributed by atoms with Gasteiger partial charge in [-0.1, -0.05) is 42.5 Å². The third-order valence-corrected chi connectivity index (χ3v) is 5.51. The zero-order valence-corrected chi connectivity index (χ0v) is 19.5. The number of H-pyrrole nitrogens is 1. The molecule has 0 saturated carbocycles. The molecule has 0 bridgehead atoms. The van der Waals surface area contributed by atoms with Crippen molar-refractivity contribution in [2.45, 2.75) is 25.7 Å². The monoisotopic (exact) mass is 490 g/mol. The van der Waals surface area contributed by atoms with Crippen LogP contribution in [0, 0.1) is 0 Å². The van der Waals surface area contributed by atoms with Crippen LogP contribution in [0.5, 0.6) is 0 Å². The normalized spacial score (nSPS) is 12.0. The van der Waals surface area contributed by atoms with Crippen LogP contribution in [-0.4, -0.2) is 19.9 Å². The van der Waals surface area contributed by atoms with Gasteiger partial charge in [0.1, 0.15) is 0 Å². The third-order valence-electron chi connectivity index (χ3n) is 5.51. The van der Waals surface area contributed by atoms with Crippen molar-refractivity contribution in [1.29, 1.82) is 0 Å². The van der Waals surface area contributed by atoms with Crippen molar-refractivity contribution in [3.8, 4) is 22.6 Å². The topological polar surface area (TPSA) is 92.5 Å². The van der Waals surface area contributed by atoms with Gasteiger partial charge in [-0.3, -0.25) is 4.98 Å². The second-order valence-electron chi connectivity index (χ2n) is 8.05. The molecule has 6 nitrogen and oxygen atoms in total. The Morgan fingerprint density at radius 2 is 1.72 bits per heavy atom. The van der Waals surface area contributed by atoms with Crippen molar-refractivity contribution >= 4 is 5.95 Å². The molecule has 0 aliphatic carbocycles. The number of nitrogens with zero attached hydrogens (tertiary/aromatic N) is 3. The molecule has 9 heteroatoms. The van der Waals surface area contributed by atoms with E-state index < -0.39 is 11.7 Å². The first kappa shape index (κ1) is 24.9. The van der Waals surface area contributed by atoms with Crippen molar-refractivity contribution in [2.75, 3.05) is 5.32 Å². The number of aromatic nitrogens is 4. The maximum atomic E-state index is 13.4. The lowest BCUT2D eigenvalue weighted by molar-refractivity contribution is -0.137. The van der Waals surface area contributed by atoms with Crippen LogP contribution in [0.2, 0.25) is 0 Å². The van der Waals surface area contributed by atoms with Crippen LogP contribution in [-0.2, 0) is 12.7 Å². The Hall–Kier alpha value is -4.24. The van der Waals surface area contributed by atoms with E-state index in [1.807, 2.05) is 37.3 Å². The summed E-state index contributed by atoms with van der Waals surface area (Å²) in [5.74, 6) is 0.371. The van der Waals surface area contributed by atoms with Gasteiger partial charge in [-0.25, -0.2) is 9.97 Å². The molecule has 0 aliphatic heterocycles. The molecule has 0 spiro atoms. The van der Waals surface area contributed by atoms with Gasteiger partial charge in [-0.15, -0.1) is 0 Å². The van der Waals surface area contributed by atoms with E-state index in [0.29, 0.717) is 23.0 Å². The molecule has 184 valence electrons. The van der Waals surface area contributed by atoms with Crippen molar-refractivity contribution in [1.82, 2.24) is 19.9 Å². The lowest BCUT2D eigenvalue weighted by Crippen LogP contribution is -2.09. The van der Waals surface area contributed by atoms with Crippen LogP contribution < -0.4 is 11.1 Å². The fourth-order valence-electron chi connectivity index (χ4n) is 3.61. The molecule has 1 unspecified atom stereocenters. The summed E-state index contributed by atoms with van der Waals surface area (Å²) in [5, 5.41) is 3.27. The fourth-order valence-corrected chi connectivity index (χ4v) is 3.61. The van der Waals surface area contributed by atoms with Gasteiger partial charge in [-0.2, -0.15) is 13.2 Å². The van der Waals surface area contributed by atoms with Crippen molar-refractivity contribution in [3.05, 3.63) is 108 Å². The number of aromatic amines is 1. The lowest BCUT2D eigenvalue weighted by Gasteiger charge is -2.15. The maximum absolute atomic E-state index is 13.4. The van der Waals surface area contributed by atoms with Crippen LogP contribution in [0.1, 0.15) is 29.7 Å². The summed E-state index contributed by atoms with van der Waals surface area (Å²) >= 11 is 0. The molecule has 36 heavy (non-hydrogen) atoms. The molecule has 2 heterocycles. The Bertz CT molecular complexity index is 1370. The predicted octanol–water partition coefficient (Wildman–Crippen LogP) is 6.31. The molecule has 4 aromatic rings. The second kappa shape index (κ2) is 11.0. The van der Waals surface area contributed by atoms with Crippen LogP contribution in [0.4, 0.5) is 19.1 Å². The van der Waals surface area contributed by atoms with E-state index in [1.54, 1.807) is 36.7 Å². The van der Waals surface area contributed by atoms with Gasteiger partial charge in [0, 0.05) is 30.7 Å². The molecule has 2 aromatic heterocycles. The molecule has 4 rings (SSSR count). The largest absolute Gasteiger partial charge is 0.416 e. The first-order valence-corrected chi connectivity index (χ1v) is 11.3. The predicted molar refractivity (Wildman–Crippen MR) is 134 cm³/mol. The molecule has 2 aromatic carbocycles. The second-order valence-corrected chi connectivity index (χ2v) is 8.05. The number of alkyl halides is 3. The lowest BCUT2D eigenvalue weighted by atomic mass is 10.0. The highest BCUT2D eigenvalue weighted by Crippen LogP contribution is 2.34. The number of rotatable bonds is 6. The first-order valence-electron chi connectivity index (χ1n) is 11.3. The van der Waals surface area contributed by atoms with Gasteiger partial charge < -0.3 is 16.0 Å². The van der Waals surface area contributed by atoms with Gasteiger partial charge in [0.15, 0.2) is 0 Å². The van der Waals surface area contributed by atoms with Gasteiger partial charge in [0.2, 0.25) is 5.95 Å².